The van der Waals surface area contributed by atoms with Gasteiger partial charge < -0.3 is 14.2 Å². The van der Waals surface area contributed by atoms with Gasteiger partial charge in [-0.15, -0.1) is 0 Å². The quantitative estimate of drug-likeness (QED) is 0.703. The van der Waals surface area contributed by atoms with Crippen molar-refractivity contribution in [2.45, 2.75) is 19.5 Å². The molecule has 6 nitrogen and oxygen atoms in total. The van der Waals surface area contributed by atoms with Gasteiger partial charge in [0.05, 0.1) is 13.7 Å². The normalized spacial score (nSPS) is 13.1. The summed E-state index contributed by atoms with van der Waals surface area (Å²) in [5.74, 6) is 0.212. The minimum Gasteiger partial charge on any atom is -0.480 e. The maximum Gasteiger partial charge on any atom is 0.259 e. The van der Waals surface area contributed by atoms with Crippen LogP contribution in [-0.2, 0) is 19.5 Å². The molecule has 1 aromatic carbocycles. The van der Waals surface area contributed by atoms with Crippen molar-refractivity contribution >= 4 is 5.91 Å². The summed E-state index contributed by atoms with van der Waals surface area (Å²) in [4.78, 5) is 31.3. The van der Waals surface area contributed by atoms with Gasteiger partial charge in [-0.05, 0) is 35.2 Å². The molecule has 0 N–H and O–H groups in total. The fourth-order valence-corrected chi connectivity index (χ4v) is 3.54. The van der Waals surface area contributed by atoms with Gasteiger partial charge in [0.15, 0.2) is 0 Å². The van der Waals surface area contributed by atoms with Crippen molar-refractivity contribution in [3.8, 4) is 5.88 Å². The van der Waals surface area contributed by atoms with Gasteiger partial charge in [-0.25, -0.2) is 4.98 Å². The largest absolute Gasteiger partial charge is 0.480 e. The second-order valence-electron chi connectivity index (χ2n) is 6.81. The molecule has 0 bridgehead atoms. The van der Waals surface area contributed by atoms with Gasteiger partial charge in [0.25, 0.3) is 11.5 Å². The summed E-state index contributed by atoms with van der Waals surface area (Å²) in [6, 6.07) is 15.0. The number of hydrogen-bond acceptors (Lipinski definition) is 4. The lowest BCUT2D eigenvalue weighted by Gasteiger charge is -2.29. The molecule has 0 saturated heterocycles. The lowest BCUT2D eigenvalue weighted by atomic mass is 10.0. The molecule has 1 aliphatic heterocycles. The van der Waals surface area contributed by atoms with Crippen molar-refractivity contribution in [2.75, 3.05) is 13.7 Å². The number of nitrogens with zero attached hydrogens (tertiary/aromatic N) is 3. The van der Waals surface area contributed by atoms with E-state index in [-0.39, 0.29) is 11.5 Å². The molecular weight excluding hydrogens is 354 g/mol. The van der Waals surface area contributed by atoms with E-state index in [0.29, 0.717) is 37.5 Å². The van der Waals surface area contributed by atoms with E-state index >= 15 is 0 Å². The van der Waals surface area contributed by atoms with Crippen LogP contribution in [0, 0.1) is 0 Å². The molecule has 3 aromatic rings. The number of ether oxygens (including phenoxy) is 1. The van der Waals surface area contributed by atoms with E-state index in [0.717, 1.165) is 16.7 Å². The Morgan fingerprint density at radius 1 is 1.14 bits per heavy atom. The highest BCUT2D eigenvalue weighted by atomic mass is 16.5. The fraction of sp³-hybridized carbons (Fsp3) is 0.227. The second kappa shape index (κ2) is 7.68. The molecule has 0 unspecified atom stereocenters. The number of rotatable bonds is 4. The molecule has 1 amide bonds. The number of benzene rings is 1. The van der Waals surface area contributed by atoms with Crippen LogP contribution >= 0.6 is 0 Å². The number of carbonyl (C=O) groups is 1. The molecule has 0 radical (unpaired) electrons. The van der Waals surface area contributed by atoms with E-state index in [1.54, 1.807) is 33.9 Å². The fourth-order valence-electron chi connectivity index (χ4n) is 3.54. The predicted molar refractivity (Wildman–Crippen MR) is 105 cm³/mol. The standard InChI is InChI=1S/C22H21N3O3/c1-28-21-19(8-5-10-23-21)22(27)24-11-9-17-12-20(26)25(15-18(17)14-24)13-16-6-3-2-4-7-16/h2-8,10,12,15H,9,11,13-14H2,1H3. The Kier molecular flexibility index (Phi) is 4.93. The predicted octanol–water partition coefficient (Wildman–Crippen LogP) is 2.50. The lowest BCUT2D eigenvalue weighted by Crippen LogP contribution is -2.37. The Hall–Kier alpha value is -3.41. The highest BCUT2D eigenvalue weighted by Crippen LogP contribution is 2.22. The molecule has 28 heavy (non-hydrogen) atoms. The topological polar surface area (TPSA) is 64.4 Å². The van der Waals surface area contributed by atoms with Crippen LogP contribution in [0.3, 0.4) is 0 Å². The van der Waals surface area contributed by atoms with Crippen LogP contribution in [0.5, 0.6) is 5.88 Å². The Balaban J connectivity index is 1.60. The molecule has 0 aliphatic carbocycles. The summed E-state index contributed by atoms with van der Waals surface area (Å²) in [7, 11) is 1.51. The zero-order chi connectivity index (χ0) is 19.5. The Morgan fingerprint density at radius 3 is 2.75 bits per heavy atom. The first-order chi connectivity index (χ1) is 13.7. The minimum absolute atomic E-state index is 0.0173. The van der Waals surface area contributed by atoms with Gasteiger partial charge in [-0.1, -0.05) is 30.3 Å². The second-order valence-corrected chi connectivity index (χ2v) is 6.81. The van der Waals surface area contributed by atoms with Gasteiger partial charge in [-0.2, -0.15) is 0 Å². The molecule has 4 rings (SSSR count). The van der Waals surface area contributed by atoms with Crippen molar-refractivity contribution in [3.05, 3.63) is 93.5 Å². The maximum absolute atomic E-state index is 13.0. The molecule has 0 spiro atoms. The molecule has 1 aliphatic rings. The van der Waals surface area contributed by atoms with Crippen molar-refractivity contribution in [3.63, 3.8) is 0 Å². The van der Waals surface area contributed by atoms with Gasteiger partial charge in [0.2, 0.25) is 5.88 Å². The molecule has 0 fully saturated rings. The Morgan fingerprint density at radius 2 is 1.96 bits per heavy atom. The first kappa shape index (κ1) is 18.0. The average Bonchev–Trinajstić information content (AvgIpc) is 2.74. The van der Waals surface area contributed by atoms with Crippen LogP contribution in [0.25, 0.3) is 0 Å². The van der Waals surface area contributed by atoms with E-state index in [1.807, 2.05) is 36.5 Å². The average molecular weight is 375 g/mol. The van der Waals surface area contributed by atoms with E-state index in [9.17, 15) is 9.59 Å². The smallest absolute Gasteiger partial charge is 0.259 e. The highest BCUT2D eigenvalue weighted by molar-refractivity contribution is 5.96. The van der Waals surface area contributed by atoms with Crippen LogP contribution in [0.1, 0.15) is 27.0 Å². The lowest BCUT2D eigenvalue weighted by molar-refractivity contribution is 0.0730. The number of fused-ring (bicyclic) bond motifs is 1. The third-order valence-electron chi connectivity index (χ3n) is 5.00. The number of aromatic nitrogens is 2. The summed E-state index contributed by atoms with van der Waals surface area (Å²) in [5, 5.41) is 0. The molecule has 6 heteroatoms. The van der Waals surface area contributed by atoms with Crippen LogP contribution in [0.15, 0.2) is 65.7 Å². The van der Waals surface area contributed by atoms with E-state index in [1.165, 1.54) is 7.11 Å². The SMILES string of the molecule is COc1ncccc1C(=O)N1CCc2cc(=O)n(Cc3ccccc3)cc2C1. The molecule has 0 saturated carbocycles. The van der Waals surface area contributed by atoms with Gasteiger partial charge >= 0.3 is 0 Å². The monoisotopic (exact) mass is 375 g/mol. The third kappa shape index (κ3) is 3.53. The van der Waals surface area contributed by atoms with Gasteiger partial charge in [0.1, 0.15) is 5.56 Å². The minimum atomic E-state index is -0.114. The van der Waals surface area contributed by atoms with E-state index < -0.39 is 0 Å². The summed E-state index contributed by atoms with van der Waals surface area (Å²) in [5.41, 5.74) is 3.50. The highest BCUT2D eigenvalue weighted by Gasteiger charge is 2.25. The number of methoxy groups -OCH3 is 1. The summed E-state index contributed by atoms with van der Waals surface area (Å²) >= 11 is 0. The molecular formula is C22H21N3O3. The Labute approximate surface area is 163 Å². The number of amides is 1. The van der Waals surface area contributed by atoms with Crippen molar-refractivity contribution in [2.24, 2.45) is 0 Å². The molecule has 0 atom stereocenters. The van der Waals surface area contributed by atoms with Crippen molar-refractivity contribution < 1.29 is 9.53 Å². The number of carbonyl (C=O) groups excluding carboxylic acids is 1. The summed E-state index contributed by atoms with van der Waals surface area (Å²) < 4.78 is 6.93. The summed E-state index contributed by atoms with van der Waals surface area (Å²) in [6.45, 7) is 1.53. The van der Waals surface area contributed by atoms with Crippen LogP contribution < -0.4 is 10.3 Å². The zero-order valence-electron chi connectivity index (χ0n) is 15.7. The van der Waals surface area contributed by atoms with Crippen LogP contribution in [0.2, 0.25) is 0 Å². The first-order valence-electron chi connectivity index (χ1n) is 9.20. The molecule has 142 valence electrons. The molecule has 3 heterocycles. The molecule has 2 aromatic heterocycles. The maximum atomic E-state index is 13.0. The number of hydrogen-bond donors (Lipinski definition) is 0. The van der Waals surface area contributed by atoms with Crippen LogP contribution in [-0.4, -0.2) is 34.0 Å². The Bertz CT molecular complexity index is 1060. The zero-order valence-corrected chi connectivity index (χ0v) is 15.7. The summed E-state index contributed by atoms with van der Waals surface area (Å²) in [6.07, 6.45) is 4.14. The van der Waals surface area contributed by atoms with Gasteiger partial charge in [0, 0.05) is 31.5 Å². The first-order valence-corrected chi connectivity index (χ1v) is 9.20. The van der Waals surface area contributed by atoms with Crippen LogP contribution in [0.4, 0.5) is 0 Å². The van der Waals surface area contributed by atoms with E-state index in [2.05, 4.69) is 4.98 Å². The number of pyridine rings is 2. The third-order valence-corrected chi connectivity index (χ3v) is 5.00. The van der Waals surface area contributed by atoms with Crippen molar-refractivity contribution in [1.29, 1.82) is 0 Å². The van der Waals surface area contributed by atoms with Gasteiger partial charge in [-0.3, -0.25) is 9.59 Å². The van der Waals surface area contributed by atoms with Crippen molar-refractivity contribution in [1.82, 2.24) is 14.5 Å². The van der Waals surface area contributed by atoms with E-state index in [4.69, 9.17) is 4.74 Å².